The zero-order valence-electron chi connectivity index (χ0n) is 11.0. The first-order chi connectivity index (χ1) is 9.26. The Hall–Kier alpha value is -2.16. The minimum absolute atomic E-state index is 0.0927. The van der Waals surface area contributed by atoms with Gasteiger partial charge in [0.05, 0.1) is 11.9 Å². The van der Waals surface area contributed by atoms with Gasteiger partial charge in [-0.05, 0) is 42.7 Å². The molecular weight excluding hydrogens is 238 g/mol. The number of allylic oxidation sites excluding steroid dienone is 4. The van der Waals surface area contributed by atoms with Gasteiger partial charge in [0, 0.05) is 6.07 Å². The standard InChI is InChI=1S/C16H17NO2/c1-2-5-13-6-3-4-7-14-8-9-16(19)17(10-11-18)15(14)12-13/h2,5-9,11-12H,3-4,10H2,1H3/b5-2+,13-6?,14-7+,15-12+. The van der Waals surface area contributed by atoms with Gasteiger partial charge in [-0.25, -0.2) is 0 Å². The van der Waals surface area contributed by atoms with E-state index in [-0.39, 0.29) is 12.1 Å². The second-order valence-electron chi connectivity index (χ2n) is 4.42. The third-order valence-electron chi connectivity index (χ3n) is 3.09. The Labute approximate surface area is 111 Å². The van der Waals surface area contributed by atoms with E-state index in [9.17, 15) is 9.59 Å². The first-order valence-electron chi connectivity index (χ1n) is 6.44. The van der Waals surface area contributed by atoms with E-state index in [1.165, 1.54) is 10.6 Å². The Kier molecular flexibility index (Phi) is 4.29. The van der Waals surface area contributed by atoms with Gasteiger partial charge in [0.2, 0.25) is 0 Å². The molecule has 1 aliphatic carbocycles. The molecule has 0 saturated heterocycles. The summed E-state index contributed by atoms with van der Waals surface area (Å²) in [4.78, 5) is 22.6. The number of nitrogens with zero attached hydrogens (tertiary/aromatic N) is 1. The maximum Gasteiger partial charge on any atom is 0.251 e. The van der Waals surface area contributed by atoms with Gasteiger partial charge in [-0.3, -0.25) is 4.79 Å². The highest BCUT2D eigenvalue weighted by Gasteiger charge is 2.01. The average Bonchev–Trinajstić information content (AvgIpc) is 2.37. The Morgan fingerprint density at radius 3 is 2.79 bits per heavy atom. The van der Waals surface area contributed by atoms with Crippen LogP contribution >= 0.6 is 0 Å². The molecule has 3 nitrogen and oxygen atoms in total. The molecule has 0 radical (unpaired) electrons. The van der Waals surface area contributed by atoms with Crippen molar-refractivity contribution in [2.24, 2.45) is 0 Å². The summed E-state index contributed by atoms with van der Waals surface area (Å²) in [6, 6.07) is 3.35. The van der Waals surface area contributed by atoms with Gasteiger partial charge in [0.25, 0.3) is 5.56 Å². The highest BCUT2D eigenvalue weighted by molar-refractivity contribution is 5.55. The highest BCUT2D eigenvalue weighted by atomic mass is 16.1. The molecule has 0 aliphatic heterocycles. The lowest BCUT2D eigenvalue weighted by Crippen LogP contribution is -2.43. The van der Waals surface area contributed by atoms with Crippen LogP contribution in [0, 0.1) is 0 Å². The van der Waals surface area contributed by atoms with E-state index >= 15 is 0 Å². The quantitative estimate of drug-likeness (QED) is 0.753. The molecule has 0 saturated carbocycles. The van der Waals surface area contributed by atoms with Gasteiger partial charge in [-0.2, -0.15) is 0 Å². The van der Waals surface area contributed by atoms with E-state index in [2.05, 4.69) is 12.2 Å². The molecule has 19 heavy (non-hydrogen) atoms. The van der Waals surface area contributed by atoms with Crippen molar-refractivity contribution < 1.29 is 4.79 Å². The number of aldehydes is 1. The van der Waals surface area contributed by atoms with Crippen molar-refractivity contribution in [3.8, 4) is 0 Å². The first-order valence-corrected chi connectivity index (χ1v) is 6.44. The molecule has 1 aromatic rings. The average molecular weight is 255 g/mol. The number of aromatic nitrogens is 1. The summed E-state index contributed by atoms with van der Waals surface area (Å²) >= 11 is 0. The fourth-order valence-electron chi connectivity index (χ4n) is 2.22. The predicted octanol–water partition coefficient (Wildman–Crippen LogP) is 0.905. The molecule has 98 valence electrons. The van der Waals surface area contributed by atoms with E-state index in [1.807, 2.05) is 31.2 Å². The van der Waals surface area contributed by atoms with E-state index in [0.29, 0.717) is 0 Å². The minimum atomic E-state index is -0.143. The van der Waals surface area contributed by atoms with Crippen molar-refractivity contribution in [3.05, 3.63) is 56.9 Å². The van der Waals surface area contributed by atoms with Gasteiger partial charge in [-0.1, -0.05) is 24.3 Å². The van der Waals surface area contributed by atoms with Crippen LogP contribution in [0.15, 0.2) is 40.7 Å². The van der Waals surface area contributed by atoms with Crippen LogP contribution in [0.5, 0.6) is 0 Å². The van der Waals surface area contributed by atoms with Crippen LogP contribution < -0.4 is 16.1 Å². The molecule has 2 rings (SSSR count). The summed E-state index contributed by atoms with van der Waals surface area (Å²) in [5.41, 5.74) is 0.929. The highest BCUT2D eigenvalue weighted by Crippen LogP contribution is 2.04. The zero-order valence-corrected chi connectivity index (χ0v) is 11.0. The summed E-state index contributed by atoms with van der Waals surface area (Å²) in [6.45, 7) is 2.06. The Morgan fingerprint density at radius 2 is 2.05 bits per heavy atom. The zero-order chi connectivity index (χ0) is 13.7. The molecule has 0 fully saturated rings. The maximum absolute atomic E-state index is 11.9. The van der Waals surface area contributed by atoms with E-state index < -0.39 is 0 Å². The Morgan fingerprint density at radius 1 is 1.26 bits per heavy atom. The molecule has 1 aliphatic rings. The van der Waals surface area contributed by atoms with E-state index in [1.54, 1.807) is 0 Å². The van der Waals surface area contributed by atoms with Crippen LogP contribution in [0.3, 0.4) is 0 Å². The van der Waals surface area contributed by atoms with Crippen molar-refractivity contribution in [2.75, 3.05) is 0 Å². The second kappa shape index (κ2) is 6.14. The fraction of sp³-hybridized carbons (Fsp3) is 0.250. The number of carbonyl (C=O) groups is 1. The van der Waals surface area contributed by atoms with Crippen LogP contribution in [-0.4, -0.2) is 10.9 Å². The van der Waals surface area contributed by atoms with Crippen molar-refractivity contribution in [2.45, 2.75) is 26.3 Å². The number of hydrogen-bond donors (Lipinski definition) is 0. The van der Waals surface area contributed by atoms with Gasteiger partial charge in [-0.15, -0.1) is 0 Å². The van der Waals surface area contributed by atoms with Crippen molar-refractivity contribution >= 4 is 18.4 Å². The molecule has 0 amide bonds. The number of pyridine rings is 1. The summed E-state index contributed by atoms with van der Waals surface area (Å²) in [5, 5.41) is 1.82. The molecule has 1 heterocycles. The topological polar surface area (TPSA) is 39.1 Å². The minimum Gasteiger partial charge on any atom is -0.301 e. The molecule has 0 atom stereocenters. The van der Waals surface area contributed by atoms with Crippen LogP contribution in [0.2, 0.25) is 0 Å². The molecule has 0 N–H and O–H groups in total. The van der Waals surface area contributed by atoms with Crippen LogP contribution in [0.25, 0.3) is 12.2 Å². The smallest absolute Gasteiger partial charge is 0.251 e. The number of rotatable bonds is 3. The van der Waals surface area contributed by atoms with Gasteiger partial charge in [0.15, 0.2) is 0 Å². The number of hydrogen-bond acceptors (Lipinski definition) is 2. The van der Waals surface area contributed by atoms with Gasteiger partial charge < -0.3 is 9.36 Å². The lowest BCUT2D eigenvalue weighted by Gasteiger charge is -2.06. The molecule has 0 aromatic carbocycles. The monoisotopic (exact) mass is 255 g/mol. The van der Waals surface area contributed by atoms with E-state index in [0.717, 1.165) is 35.3 Å². The molecule has 0 unspecified atom stereocenters. The summed E-state index contributed by atoms with van der Waals surface area (Å²) < 4.78 is 1.52. The van der Waals surface area contributed by atoms with Crippen LogP contribution in [0.1, 0.15) is 19.8 Å². The summed E-state index contributed by atoms with van der Waals surface area (Å²) in [6.07, 6.45) is 12.9. The van der Waals surface area contributed by atoms with Crippen molar-refractivity contribution in [1.29, 1.82) is 0 Å². The lowest BCUT2D eigenvalue weighted by atomic mass is 10.1. The predicted molar refractivity (Wildman–Crippen MR) is 77.1 cm³/mol. The SMILES string of the molecule is C/C=C/C1=CCC/C=c2\ccc(=O)n(CC=O)\c2=C\1. The molecular formula is C16H17NO2. The molecule has 3 heteroatoms. The van der Waals surface area contributed by atoms with E-state index in [4.69, 9.17) is 0 Å². The normalized spacial score (nSPS) is 18.3. The fourth-order valence-corrected chi connectivity index (χ4v) is 2.22. The lowest BCUT2D eigenvalue weighted by molar-refractivity contribution is -0.108. The summed E-state index contributed by atoms with van der Waals surface area (Å²) in [5.74, 6) is 0. The number of carbonyl (C=O) groups excluding carboxylic acids is 1. The molecule has 1 aromatic heterocycles. The molecule has 0 spiro atoms. The second-order valence-corrected chi connectivity index (χ2v) is 4.42. The van der Waals surface area contributed by atoms with Crippen molar-refractivity contribution in [3.63, 3.8) is 0 Å². The third-order valence-corrected chi connectivity index (χ3v) is 3.09. The largest absolute Gasteiger partial charge is 0.301 e. The van der Waals surface area contributed by atoms with Crippen molar-refractivity contribution in [1.82, 2.24) is 4.57 Å². The first kappa shape index (κ1) is 13.3. The number of fused-ring (bicyclic) bond motifs is 1. The summed E-state index contributed by atoms with van der Waals surface area (Å²) in [7, 11) is 0. The third kappa shape index (κ3) is 2.99. The van der Waals surface area contributed by atoms with Gasteiger partial charge >= 0.3 is 0 Å². The van der Waals surface area contributed by atoms with Crippen LogP contribution in [-0.2, 0) is 11.3 Å². The van der Waals surface area contributed by atoms with Gasteiger partial charge in [0.1, 0.15) is 6.29 Å². The maximum atomic E-state index is 11.9. The Balaban J connectivity index is 2.79. The molecule has 0 bridgehead atoms. The van der Waals surface area contributed by atoms with Crippen LogP contribution in [0.4, 0.5) is 0 Å². The Bertz CT molecular complexity index is 705.